The molecule has 0 aliphatic heterocycles. The van der Waals surface area contributed by atoms with E-state index in [1.165, 1.54) is 6.07 Å². The Balaban J connectivity index is 1.91. The highest BCUT2D eigenvalue weighted by molar-refractivity contribution is 9.10. The van der Waals surface area contributed by atoms with Crippen molar-refractivity contribution < 1.29 is 8.78 Å². The van der Waals surface area contributed by atoms with Gasteiger partial charge in [0.05, 0.1) is 0 Å². The van der Waals surface area contributed by atoms with Crippen LogP contribution in [0.4, 0.5) is 8.78 Å². The van der Waals surface area contributed by atoms with Crippen molar-refractivity contribution in [1.82, 2.24) is 0 Å². The van der Waals surface area contributed by atoms with Gasteiger partial charge in [0, 0.05) is 15.6 Å². The first-order valence-corrected chi connectivity index (χ1v) is 9.49. The number of hydrogen-bond acceptors (Lipinski definition) is 0. The minimum absolute atomic E-state index is 0.255. The van der Waals surface area contributed by atoms with Crippen LogP contribution in [0.1, 0.15) is 11.1 Å². The molecule has 0 saturated heterocycles. The van der Waals surface area contributed by atoms with E-state index >= 15 is 0 Å². The Hall–Kier alpha value is -2.52. The number of hydrogen-bond donors (Lipinski definition) is 0. The summed E-state index contributed by atoms with van der Waals surface area (Å²) >= 11 is 3.47. The smallest absolute Gasteiger partial charge is 0.131 e. The molecule has 0 unspecified atom stereocenters. The molecule has 0 nitrogen and oxygen atoms in total. The third kappa shape index (κ3) is 3.17. The van der Waals surface area contributed by atoms with Gasteiger partial charge in [-0.3, -0.25) is 0 Å². The van der Waals surface area contributed by atoms with Gasteiger partial charge in [-0.05, 0) is 77.2 Å². The highest BCUT2D eigenvalue weighted by Crippen LogP contribution is 2.36. The average Bonchev–Trinajstić information content (AvgIpc) is 2.65. The van der Waals surface area contributed by atoms with E-state index in [9.17, 15) is 8.78 Å². The summed E-state index contributed by atoms with van der Waals surface area (Å²) in [7, 11) is 0. The molecule has 0 spiro atoms. The maximum Gasteiger partial charge on any atom is 0.131 e. The van der Waals surface area contributed by atoms with Gasteiger partial charge in [0.15, 0.2) is 0 Å². The van der Waals surface area contributed by atoms with E-state index in [2.05, 4.69) is 15.9 Å². The fraction of sp³-hybridized carbons (Fsp3) is 0.0833. The summed E-state index contributed by atoms with van der Waals surface area (Å²) in [5, 5.41) is 1.83. The van der Waals surface area contributed by atoms with Crippen molar-refractivity contribution in [1.29, 1.82) is 0 Å². The Bertz CT molecular complexity index is 1180. The maximum atomic E-state index is 14.8. The summed E-state index contributed by atoms with van der Waals surface area (Å²) in [6, 6.07) is 19.7. The average molecular weight is 423 g/mol. The summed E-state index contributed by atoms with van der Waals surface area (Å²) in [4.78, 5) is 0. The summed E-state index contributed by atoms with van der Waals surface area (Å²) in [5.41, 5.74) is 4.68. The molecule has 0 aliphatic carbocycles. The fourth-order valence-electron chi connectivity index (χ4n) is 3.53. The molecular weight excluding hydrogens is 406 g/mol. The predicted octanol–water partition coefficient (Wildman–Crippen LogP) is 7.83. The lowest BCUT2D eigenvalue weighted by atomic mass is 9.89. The predicted molar refractivity (Wildman–Crippen MR) is 112 cm³/mol. The third-order valence-corrected chi connectivity index (χ3v) is 5.62. The molecule has 0 atom stereocenters. The Labute approximate surface area is 165 Å². The molecular formula is C24H17BrF2. The van der Waals surface area contributed by atoms with Crippen LogP contribution in [0, 0.1) is 25.5 Å². The van der Waals surface area contributed by atoms with Crippen LogP contribution < -0.4 is 0 Å². The van der Waals surface area contributed by atoms with Gasteiger partial charge in [-0.1, -0.05) is 52.3 Å². The molecule has 3 heteroatoms. The molecule has 0 amide bonds. The molecule has 27 heavy (non-hydrogen) atoms. The Morgan fingerprint density at radius 2 is 1.26 bits per heavy atom. The monoisotopic (exact) mass is 422 g/mol. The summed E-state index contributed by atoms with van der Waals surface area (Å²) in [5.74, 6) is -0.513. The van der Waals surface area contributed by atoms with Crippen LogP contribution in [0.15, 0.2) is 71.2 Å². The van der Waals surface area contributed by atoms with Gasteiger partial charge in [-0.25, -0.2) is 8.78 Å². The lowest BCUT2D eigenvalue weighted by Crippen LogP contribution is -1.95. The van der Waals surface area contributed by atoms with E-state index in [1.807, 2.05) is 56.3 Å². The normalized spacial score (nSPS) is 11.1. The number of rotatable bonds is 2. The lowest BCUT2D eigenvalue weighted by Gasteiger charge is -2.16. The van der Waals surface area contributed by atoms with Crippen LogP contribution >= 0.6 is 15.9 Å². The zero-order valence-corrected chi connectivity index (χ0v) is 16.6. The van der Waals surface area contributed by atoms with Gasteiger partial charge in [0.2, 0.25) is 0 Å². The third-order valence-electron chi connectivity index (χ3n) is 5.13. The van der Waals surface area contributed by atoms with E-state index in [1.54, 1.807) is 18.2 Å². The first-order valence-electron chi connectivity index (χ1n) is 8.70. The molecule has 4 aromatic carbocycles. The number of halogens is 3. The second kappa shape index (κ2) is 6.90. The lowest BCUT2D eigenvalue weighted by molar-refractivity contribution is 0.631. The summed E-state index contributed by atoms with van der Waals surface area (Å²) < 4.78 is 30.0. The van der Waals surface area contributed by atoms with Crippen LogP contribution in [0.3, 0.4) is 0 Å². The topological polar surface area (TPSA) is 0 Å². The molecule has 0 fully saturated rings. The largest absolute Gasteiger partial charge is 0.206 e. The molecule has 0 radical (unpaired) electrons. The van der Waals surface area contributed by atoms with Gasteiger partial charge in [0.25, 0.3) is 0 Å². The van der Waals surface area contributed by atoms with E-state index in [0.29, 0.717) is 11.1 Å². The molecule has 0 bridgehead atoms. The standard InChI is InChI=1S/C24H17BrF2/c1-14-15(2)20(10-9-19(14)21-5-3-4-6-23(21)26)22-12-17-11-18(25)8-7-16(17)13-24(22)27/h3-13H,1-2H3. The SMILES string of the molecule is Cc1c(-c2ccccc2F)ccc(-c2cc3cc(Br)ccc3cc2F)c1C. The van der Waals surface area contributed by atoms with Crippen molar-refractivity contribution in [2.75, 3.05) is 0 Å². The molecule has 0 N–H and O–H groups in total. The zero-order chi connectivity index (χ0) is 19.1. The van der Waals surface area contributed by atoms with Gasteiger partial charge in [-0.2, -0.15) is 0 Å². The molecule has 0 aliphatic rings. The highest BCUT2D eigenvalue weighted by atomic mass is 79.9. The van der Waals surface area contributed by atoms with Crippen molar-refractivity contribution in [3.8, 4) is 22.3 Å². The molecule has 0 aromatic heterocycles. The van der Waals surface area contributed by atoms with Gasteiger partial charge in [0.1, 0.15) is 11.6 Å². The van der Waals surface area contributed by atoms with E-state index < -0.39 is 0 Å². The molecule has 0 saturated carbocycles. The van der Waals surface area contributed by atoms with Crippen LogP contribution in [0.5, 0.6) is 0 Å². The van der Waals surface area contributed by atoms with E-state index in [-0.39, 0.29) is 11.6 Å². The van der Waals surface area contributed by atoms with E-state index in [4.69, 9.17) is 0 Å². The van der Waals surface area contributed by atoms with Crippen LogP contribution in [-0.4, -0.2) is 0 Å². The molecule has 4 rings (SSSR count). The Morgan fingerprint density at radius 1 is 0.593 bits per heavy atom. The van der Waals surface area contributed by atoms with Gasteiger partial charge in [-0.15, -0.1) is 0 Å². The van der Waals surface area contributed by atoms with Crippen molar-refractivity contribution in [3.05, 3.63) is 94.0 Å². The second-order valence-corrected chi connectivity index (χ2v) is 7.63. The van der Waals surface area contributed by atoms with Crippen LogP contribution in [0.2, 0.25) is 0 Å². The van der Waals surface area contributed by atoms with Crippen LogP contribution in [0.25, 0.3) is 33.0 Å². The first kappa shape index (κ1) is 17.9. The van der Waals surface area contributed by atoms with Crippen LogP contribution in [-0.2, 0) is 0 Å². The number of fused-ring (bicyclic) bond motifs is 1. The zero-order valence-electron chi connectivity index (χ0n) is 15.0. The van der Waals surface area contributed by atoms with Crippen molar-refractivity contribution in [2.45, 2.75) is 13.8 Å². The maximum absolute atomic E-state index is 14.8. The molecule has 4 aromatic rings. The molecule has 134 valence electrons. The van der Waals surface area contributed by atoms with E-state index in [0.717, 1.165) is 37.5 Å². The quantitative estimate of drug-likeness (QED) is 0.308. The Kier molecular flexibility index (Phi) is 4.56. The van der Waals surface area contributed by atoms with Crippen molar-refractivity contribution in [3.63, 3.8) is 0 Å². The first-order chi connectivity index (χ1) is 13.0. The van der Waals surface area contributed by atoms with Crippen molar-refractivity contribution in [2.24, 2.45) is 0 Å². The molecule has 0 heterocycles. The van der Waals surface area contributed by atoms with Crippen molar-refractivity contribution >= 4 is 26.7 Å². The summed E-state index contributed by atoms with van der Waals surface area (Å²) in [6.07, 6.45) is 0. The summed E-state index contributed by atoms with van der Waals surface area (Å²) in [6.45, 7) is 3.91. The van der Waals surface area contributed by atoms with Gasteiger partial charge < -0.3 is 0 Å². The number of benzene rings is 4. The fourth-order valence-corrected chi connectivity index (χ4v) is 3.91. The second-order valence-electron chi connectivity index (χ2n) is 6.71. The highest BCUT2D eigenvalue weighted by Gasteiger charge is 2.15. The minimum Gasteiger partial charge on any atom is -0.206 e. The Morgan fingerprint density at radius 3 is 1.96 bits per heavy atom. The minimum atomic E-state index is -0.258. The van der Waals surface area contributed by atoms with Gasteiger partial charge >= 0.3 is 0 Å².